The van der Waals surface area contributed by atoms with Gasteiger partial charge in [-0.3, -0.25) is 0 Å². The molecule has 6 heteroatoms. The van der Waals surface area contributed by atoms with Crippen LogP contribution in [-0.2, 0) is 5.88 Å². The molecule has 0 N–H and O–H groups in total. The van der Waals surface area contributed by atoms with Crippen molar-refractivity contribution in [2.45, 2.75) is 18.8 Å². The Kier molecular flexibility index (Phi) is 3.95. The van der Waals surface area contributed by atoms with Crippen LogP contribution in [0.5, 0.6) is 0 Å². The third kappa shape index (κ3) is 2.45. The minimum atomic E-state index is 0.444. The van der Waals surface area contributed by atoms with Gasteiger partial charge in [0, 0.05) is 25.7 Å². The topological polar surface area (TPSA) is 19.4 Å². The molecule has 1 aromatic rings. The van der Waals surface area contributed by atoms with Gasteiger partial charge in [-0.2, -0.15) is 0 Å². The van der Waals surface area contributed by atoms with Gasteiger partial charge in [-0.1, -0.05) is 22.9 Å². The van der Waals surface area contributed by atoms with Crippen LogP contribution < -0.4 is 4.90 Å². The normalized spacial score (nSPS) is 22.8. The van der Waals surface area contributed by atoms with Crippen LogP contribution in [0.1, 0.15) is 11.8 Å². The molecule has 16 heavy (non-hydrogen) atoms. The van der Waals surface area contributed by atoms with Gasteiger partial charge in [-0.05, 0) is 14.0 Å². The molecule has 0 aromatic carbocycles. The van der Waals surface area contributed by atoms with Crippen LogP contribution >= 0.6 is 34.5 Å². The van der Waals surface area contributed by atoms with Crippen molar-refractivity contribution < 1.29 is 0 Å². The summed E-state index contributed by atoms with van der Waals surface area (Å²) >= 11 is 13.4. The number of likely N-dealkylation sites (N-methyl/N-ethyl adjacent to an activating group) is 1. The molecule has 1 saturated heterocycles. The number of anilines is 1. The molecular weight excluding hydrogens is 265 g/mol. The summed E-state index contributed by atoms with van der Waals surface area (Å²) in [6, 6.07) is 0.552. The predicted octanol–water partition coefficient (Wildman–Crippen LogP) is 2.68. The van der Waals surface area contributed by atoms with Gasteiger partial charge in [0.25, 0.3) is 0 Å². The van der Waals surface area contributed by atoms with Gasteiger partial charge < -0.3 is 9.80 Å². The number of hydrogen-bond acceptors (Lipinski definition) is 4. The molecule has 0 bridgehead atoms. The number of alkyl halides is 1. The Morgan fingerprint density at radius 3 is 2.81 bits per heavy atom. The Labute approximate surface area is 110 Å². The summed E-state index contributed by atoms with van der Waals surface area (Å²) in [5.41, 5.74) is 0. The van der Waals surface area contributed by atoms with Crippen LogP contribution in [0.4, 0.5) is 5.13 Å². The molecule has 0 amide bonds. The maximum atomic E-state index is 6.01. The van der Waals surface area contributed by atoms with Gasteiger partial charge in [0.1, 0.15) is 5.15 Å². The first-order valence-electron chi connectivity index (χ1n) is 5.28. The van der Waals surface area contributed by atoms with Crippen molar-refractivity contribution in [3.8, 4) is 0 Å². The number of piperazine rings is 1. The second-order valence-corrected chi connectivity index (χ2v) is 5.81. The minimum absolute atomic E-state index is 0.444. The third-order valence-corrected chi connectivity index (χ3v) is 4.96. The molecule has 90 valence electrons. The van der Waals surface area contributed by atoms with E-state index in [9.17, 15) is 0 Å². The Morgan fingerprint density at radius 1 is 1.50 bits per heavy atom. The fraction of sp³-hybridized carbons (Fsp3) is 0.700. The maximum Gasteiger partial charge on any atom is 0.187 e. The lowest BCUT2D eigenvalue weighted by Crippen LogP contribution is -2.50. The monoisotopic (exact) mass is 279 g/mol. The summed E-state index contributed by atoms with van der Waals surface area (Å²) < 4.78 is 0. The van der Waals surface area contributed by atoms with E-state index in [2.05, 4.69) is 28.8 Å². The van der Waals surface area contributed by atoms with Crippen LogP contribution in [0.3, 0.4) is 0 Å². The lowest BCUT2D eigenvalue weighted by Gasteiger charge is -2.37. The Morgan fingerprint density at radius 2 is 2.25 bits per heavy atom. The molecule has 1 aliphatic rings. The molecule has 0 radical (unpaired) electrons. The second-order valence-electron chi connectivity index (χ2n) is 4.12. The number of halogens is 2. The molecular formula is C10H15Cl2N3S. The first-order chi connectivity index (χ1) is 7.61. The highest BCUT2D eigenvalue weighted by molar-refractivity contribution is 7.16. The van der Waals surface area contributed by atoms with Crippen molar-refractivity contribution in [2.24, 2.45) is 0 Å². The smallest absolute Gasteiger partial charge is 0.187 e. The predicted molar refractivity (Wildman–Crippen MR) is 71.0 cm³/mol. The van der Waals surface area contributed by atoms with Gasteiger partial charge >= 0.3 is 0 Å². The summed E-state index contributed by atoms with van der Waals surface area (Å²) in [4.78, 5) is 9.98. The Hall–Kier alpha value is -0.0300. The number of rotatable bonds is 2. The van der Waals surface area contributed by atoms with Crippen molar-refractivity contribution in [1.82, 2.24) is 9.88 Å². The highest BCUT2D eigenvalue weighted by Crippen LogP contribution is 2.31. The molecule has 1 atom stereocenters. The van der Waals surface area contributed by atoms with Gasteiger partial charge in [0.2, 0.25) is 0 Å². The Balaban J connectivity index is 2.12. The fourth-order valence-electron chi connectivity index (χ4n) is 1.76. The summed E-state index contributed by atoms with van der Waals surface area (Å²) in [6.07, 6.45) is 0. The quantitative estimate of drug-likeness (QED) is 0.776. The van der Waals surface area contributed by atoms with Crippen molar-refractivity contribution in [1.29, 1.82) is 0 Å². The van der Waals surface area contributed by atoms with E-state index in [-0.39, 0.29) is 0 Å². The van der Waals surface area contributed by atoms with Crippen molar-refractivity contribution in [2.75, 3.05) is 31.6 Å². The van der Waals surface area contributed by atoms with E-state index in [1.165, 1.54) is 0 Å². The first kappa shape index (κ1) is 12.4. The molecule has 0 spiro atoms. The van der Waals surface area contributed by atoms with E-state index in [4.69, 9.17) is 23.2 Å². The summed E-state index contributed by atoms with van der Waals surface area (Å²) in [6.45, 7) is 5.30. The van der Waals surface area contributed by atoms with E-state index in [1.54, 1.807) is 11.3 Å². The molecule has 1 aliphatic heterocycles. The maximum absolute atomic E-state index is 6.01. The van der Waals surface area contributed by atoms with E-state index < -0.39 is 0 Å². The summed E-state index contributed by atoms with van der Waals surface area (Å²) in [5.74, 6) is 0.444. The fourth-order valence-corrected chi connectivity index (χ4v) is 3.27. The van der Waals surface area contributed by atoms with Crippen molar-refractivity contribution >= 4 is 39.7 Å². The Bertz CT molecular complexity index is 369. The van der Waals surface area contributed by atoms with Gasteiger partial charge in [0.05, 0.1) is 10.8 Å². The zero-order valence-electron chi connectivity index (χ0n) is 9.41. The van der Waals surface area contributed by atoms with E-state index in [1.807, 2.05) is 0 Å². The van der Waals surface area contributed by atoms with E-state index in [0.717, 1.165) is 29.6 Å². The average Bonchev–Trinajstić information content (AvgIpc) is 2.64. The first-order valence-corrected chi connectivity index (χ1v) is 7.01. The third-order valence-electron chi connectivity index (χ3n) is 2.99. The number of aromatic nitrogens is 1. The largest absolute Gasteiger partial charge is 0.345 e. The minimum Gasteiger partial charge on any atom is -0.345 e. The SMILES string of the molecule is CC1CN(c2nc(Cl)c(CCl)s2)CCN1C. The van der Waals surface area contributed by atoms with E-state index >= 15 is 0 Å². The van der Waals surface area contributed by atoms with Gasteiger partial charge in [-0.15, -0.1) is 11.6 Å². The molecule has 0 saturated carbocycles. The van der Waals surface area contributed by atoms with Crippen LogP contribution in [0.25, 0.3) is 0 Å². The molecule has 2 rings (SSSR count). The molecule has 2 heterocycles. The lowest BCUT2D eigenvalue weighted by atomic mass is 10.2. The zero-order valence-corrected chi connectivity index (χ0v) is 11.7. The van der Waals surface area contributed by atoms with Gasteiger partial charge in [-0.25, -0.2) is 4.98 Å². The van der Waals surface area contributed by atoms with Crippen LogP contribution in [0.2, 0.25) is 5.15 Å². The summed E-state index contributed by atoms with van der Waals surface area (Å²) in [7, 11) is 2.15. The molecule has 0 aliphatic carbocycles. The molecule has 1 aromatic heterocycles. The number of thiazole rings is 1. The van der Waals surface area contributed by atoms with Gasteiger partial charge in [0.15, 0.2) is 5.13 Å². The zero-order chi connectivity index (χ0) is 11.7. The molecule has 1 fully saturated rings. The standard InChI is InChI=1S/C10H15Cl2N3S/c1-7-6-15(4-3-14(7)2)10-13-9(12)8(5-11)16-10/h7H,3-6H2,1-2H3. The van der Waals surface area contributed by atoms with E-state index in [0.29, 0.717) is 17.1 Å². The van der Waals surface area contributed by atoms with Crippen molar-refractivity contribution in [3.63, 3.8) is 0 Å². The van der Waals surface area contributed by atoms with Crippen molar-refractivity contribution in [3.05, 3.63) is 10.0 Å². The van der Waals surface area contributed by atoms with Crippen LogP contribution in [0, 0.1) is 0 Å². The van der Waals surface area contributed by atoms with Crippen LogP contribution in [0.15, 0.2) is 0 Å². The summed E-state index contributed by atoms with van der Waals surface area (Å²) in [5, 5.41) is 1.56. The second kappa shape index (κ2) is 5.08. The average molecular weight is 280 g/mol. The number of hydrogen-bond donors (Lipinski definition) is 0. The lowest BCUT2D eigenvalue weighted by molar-refractivity contribution is 0.234. The highest BCUT2D eigenvalue weighted by Gasteiger charge is 2.23. The molecule has 3 nitrogen and oxygen atoms in total. The number of nitrogens with zero attached hydrogens (tertiary/aromatic N) is 3. The highest BCUT2D eigenvalue weighted by atomic mass is 35.5. The molecule has 1 unspecified atom stereocenters. The van der Waals surface area contributed by atoms with Crippen LogP contribution in [-0.4, -0.2) is 42.6 Å².